The van der Waals surface area contributed by atoms with Gasteiger partial charge in [0.15, 0.2) is 5.82 Å². The monoisotopic (exact) mass is 479 g/mol. The van der Waals surface area contributed by atoms with Crippen molar-refractivity contribution in [2.75, 3.05) is 44.2 Å². The average molecular weight is 480 g/mol. The third kappa shape index (κ3) is 3.90. The molecule has 3 N–H and O–H groups in total. The van der Waals surface area contributed by atoms with Gasteiger partial charge in [0.25, 0.3) is 0 Å². The molecule has 0 amide bonds. The molecule has 0 bridgehead atoms. The molecule has 182 valence electrons. The lowest BCUT2D eigenvalue weighted by Gasteiger charge is -2.29. The Morgan fingerprint density at radius 2 is 1.69 bits per heavy atom. The molecule has 2 aliphatic rings. The summed E-state index contributed by atoms with van der Waals surface area (Å²) in [6.07, 6.45) is 10.3. The number of rotatable bonds is 5. The van der Waals surface area contributed by atoms with Gasteiger partial charge in [0, 0.05) is 56.1 Å². The van der Waals surface area contributed by atoms with Crippen molar-refractivity contribution in [3.63, 3.8) is 0 Å². The minimum atomic E-state index is 0.749. The van der Waals surface area contributed by atoms with E-state index in [1.54, 1.807) is 0 Å². The molecule has 1 aromatic carbocycles. The summed E-state index contributed by atoms with van der Waals surface area (Å²) >= 11 is 0. The van der Waals surface area contributed by atoms with E-state index in [0.29, 0.717) is 0 Å². The van der Waals surface area contributed by atoms with Crippen LogP contribution in [0.1, 0.15) is 18.4 Å². The maximum absolute atomic E-state index is 5.00. The van der Waals surface area contributed by atoms with Gasteiger partial charge in [0.1, 0.15) is 11.2 Å². The molecule has 4 aromatic heterocycles. The Bertz CT molecular complexity index is 1520. The number of pyridine rings is 2. The summed E-state index contributed by atoms with van der Waals surface area (Å²) in [5.74, 6) is 0.749. The van der Waals surface area contributed by atoms with Crippen molar-refractivity contribution in [2.45, 2.75) is 19.4 Å². The van der Waals surface area contributed by atoms with Crippen molar-refractivity contribution in [2.24, 2.45) is 0 Å². The first-order chi connectivity index (χ1) is 17.8. The summed E-state index contributed by atoms with van der Waals surface area (Å²) < 4.78 is 0. The number of anilines is 1. The zero-order valence-electron chi connectivity index (χ0n) is 20.2. The molecule has 0 atom stereocenters. The molecular formula is C27H29N9. The molecule has 5 aromatic rings. The molecular weight excluding hydrogens is 450 g/mol. The van der Waals surface area contributed by atoms with Gasteiger partial charge in [0.2, 0.25) is 0 Å². The fourth-order valence-electron chi connectivity index (χ4n) is 5.47. The second-order valence-electron chi connectivity index (χ2n) is 9.77. The number of aromatic nitrogens is 6. The SMILES string of the molecule is c1ncc(-c2ccc3[nH]nc(-c4nc5c(N6CCNCC6)cncc5[nH]4)c3c2)cc1CN1CCCC1. The molecule has 2 fully saturated rings. The van der Waals surface area contributed by atoms with Gasteiger partial charge in [-0.05, 0) is 55.3 Å². The molecule has 0 unspecified atom stereocenters. The maximum atomic E-state index is 5.00. The van der Waals surface area contributed by atoms with Crippen molar-refractivity contribution >= 4 is 27.6 Å². The fourth-order valence-corrected chi connectivity index (χ4v) is 5.47. The van der Waals surface area contributed by atoms with E-state index in [2.05, 4.69) is 64.5 Å². The number of nitrogens with zero attached hydrogens (tertiary/aromatic N) is 6. The largest absolute Gasteiger partial charge is 0.366 e. The lowest BCUT2D eigenvalue weighted by atomic mass is 10.0. The van der Waals surface area contributed by atoms with Gasteiger partial charge in [-0.25, -0.2) is 4.98 Å². The Labute approximate surface area is 209 Å². The van der Waals surface area contributed by atoms with E-state index < -0.39 is 0 Å². The molecule has 7 rings (SSSR count). The van der Waals surface area contributed by atoms with Crippen molar-refractivity contribution in [3.05, 3.63) is 54.6 Å². The molecule has 9 heteroatoms. The minimum absolute atomic E-state index is 0.749. The predicted molar refractivity (Wildman–Crippen MR) is 142 cm³/mol. The van der Waals surface area contributed by atoms with Crippen LogP contribution in [0.25, 0.3) is 44.6 Å². The summed E-state index contributed by atoms with van der Waals surface area (Å²) in [6, 6.07) is 8.67. The van der Waals surface area contributed by atoms with Crippen LogP contribution in [-0.2, 0) is 6.54 Å². The lowest BCUT2D eigenvalue weighted by Crippen LogP contribution is -2.43. The van der Waals surface area contributed by atoms with Crippen LogP contribution in [0.15, 0.2) is 49.1 Å². The van der Waals surface area contributed by atoms with Crippen LogP contribution in [0.4, 0.5) is 5.69 Å². The molecule has 0 radical (unpaired) electrons. The highest BCUT2D eigenvalue weighted by molar-refractivity contribution is 5.97. The van der Waals surface area contributed by atoms with Crippen molar-refractivity contribution in [3.8, 4) is 22.6 Å². The third-order valence-corrected chi connectivity index (χ3v) is 7.35. The molecule has 0 spiro atoms. The van der Waals surface area contributed by atoms with Crippen LogP contribution >= 0.6 is 0 Å². The van der Waals surface area contributed by atoms with E-state index in [9.17, 15) is 0 Å². The summed E-state index contributed by atoms with van der Waals surface area (Å²) in [6.45, 7) is 7.15. The molecule has 36 heavy (non-hydrogen) atoms. The molecule has 2 saturated heterocycles. The number of piperazine rings is 1. The summed E-state index contributed by atoms with van der Waals surface area (Å²) in [5, 5.41) is 12.3. The Kier molecular flexibility index (Phi) is 5.36. The number of hydrogen-bond acceptors (Lipinski definition) is 7. The van der Waals surface area contributed by atoms with Crippen LogP contribution in [0.3, 0.4) is 0 Å². The maximum Gasteiger partial charge on any atom is 0.159 e. The van der Waals surface area contributed by atoms with Gasteiger partial charge < -0.3 is 15.2 Å². The normalized spacial score (nSPS) is 16.9. The zero-order valence-corrected chi connectivity index (χ0v) is 20.2. The Balaban J connectivity index is 1.25. The Hall–Kier alpha value is -3.82. The first-order valence-electron chi connectivity index (χ1n) is 12.8. The van der Waals surface area contributed by atoms with Crippen molar-refractivity contribution < 1.29 is 0 Å². The van der Waals surface area contributed by atoms with E-state index in [1.807, 2.05) is 24.8 Å². The first kappa shape index (κ1) is 21.5. The zero-order chi connectivity index (χ0) is 23.9. The van der Waals surface area contributed by atoms with Crippen molar-refractivity contribution in [1.29, 1.82) is 0 Å². The number of aromatic amines is 2. The standard InChI is InChI=1S/C27H29N9/c1-2-8-35(7-1)17-18-11-20(14-29-13-18)19-3-4-22-21(12-19)25(34-33-22)27-31-23-15-30-16-24(26(23)32-27)36-9-5-28-6-10-36/h3-4,11-16,28H,1-2,5-10,17H2,(H,31,32)(H,33,34). The highest BCUT2D eigenvalue weighted by Gasteiger charge is 2.19. The number of likely N-dealkylation sites (tertiary alicyclic amines) is 1. The van der Waals surface area contributed by atoms with Gasteiger partial charge in [-0.15, -0.1) is 0 Å². The molecule has 2 aliphatic heterocycles. The van der Waals surface area contributed by atoms with E-state index in [4.69, 9.17) is 4.98 Å². The third-order valence-electron chi connectivity index (χ3n) is 7.35. The number of nitrogens with one attached hydrogen (secondary N) is 3. The van der Waals surface area contributed by atoms with Crippen molar-refractivity contribution in [1.82, 2.24) is 40.3 Å². The van der Waals surface area contributed by atoms with E-state index in [-0.39, 0.29) is 0 Å². The summed E-state index contributed by atoms with van der Waals surface area (Å²) in [4.78, 5) is 22.3. The number of fused-ring (bicyclic) bond motifs is 2. The van der Waals surface area contributed by atoms with Gasteiger partial charge in [-0.1, -0.05) is 6.07 Å². The lowest BCUT2D eigenvalue weighted by molar-refractivity contribution is 0.331. The van der Waals surface area contributed by atoms with Crippen LogP contribution in [0, 0.1) is 0 Å². The Morgan fingerprint density at radius 1 is 0.833 bits per heavy atom. The van der Waals surface area contributed by atoms with E-state index in [0.717, 1.165) is 83.0 Å². The highest BCUT2D eigenvalue weighted by atomic mass is 15.2. The highest BCUT2D eigenvalue weighted by Crippen LogP contribution is 2.32. The predicted octanol–water partition coefficient (Wildman–Crippen LogP) is 3.57. The second-order valence-corrected chi connectivity index (χ2v) is 9.77. The summed E-state index contributed by atoms with van der Waals surface area (Å²) in [7, 11) is 0. The molecule has 0 saturated carbocycles. The van der Waals surface area contributed by atoms with Gasteiger partial charge in [-0.2, -0.15) is 5.10 Å². The topological polar surface area (TPSA) is 102 Å². The van der Waals surface area contributed by atoms with Crippen LogP contribution < -0.4 is 10.2 Å². The van der Waals surface area contributed by atoms with Crippen LogP contribution in [-0.4, -0.2) is 74.3 Å². The quantitative estimate of drug-likeness (QED) is 0.354. The number of imidazole rings is 1. The number of hydrogen-bond donors (Lipinski definition) is 3. The Morgan fingerprint density at radius 3 is 2.58 bits per heavy atom. The summed E-state index contributed by atoms with van der Waals surface area (Å²) in [5.41, 5.74) is 8.23. The smallest absolute Gasteiger partial charge is 0.159 e. The van der Waals surface area contributed by atoms with Crippen LogP contribution in [0.2, 0.25) is 0 Å². The number of benzene rings is 1. The fraction of sp³-hybridized carbons (Fsp3) is 0.333. The molecule has 0 aliphatic carbocycles. The van der Waals surface area contributed by atoms with Gasteiger partial charge in [0.05, 0.1) is 29.1 Å². The van der Waals surface area contributed by atoms with Crippen LogP contribution in [0.5, 0.6) is 0 Å². The average Bonchev–Trinajstić information content (AvgIpc) is 3.68. The second kappa shape index (κ2) is 9.00. The first-order valence-corrected chi connectivity index (χ1v) is 12.8. The van der Waals surface area contributed by atoms with Gasteiger partial charge in [-0.3, -0.25) is 20.0 Å². The minimum Gasteiger partial charge on any atom is -0.366 e. The van der Waals surface area contributed by atoms with Gasteiger partial charge >= 0.3 is 0 Å². The number of H-pyrrole nitrogens is 2. The van der Waals surface area contributed by atoms with E-state index in [1.165, 1.54) is 31.5 Å². The van der Waals surface area contributed by atoms with E-state index >= 15 is 0 Å². The molecule has 6 heterocycles. The molecule has 9 nitrogen and oxygen atoms in total.